The maximum Gasteiger partial charge on any atom is 0.340 e. The number of hydrogen-bond donors (Lipinski definition) is 0. The molecule has 3 rings (SSSR count). The molecule has 0 fully saturated rings. The number of nitrogens with zero attached hydrogens (tertiary/aromatic N) is 1. The molecule has 118 valence electrons. The molecule has 1 atom stereocenters. The summed E-state index contributed by atoms with van der Waals surface area (Å²) in [7, 11) is 0.151. The van der Waals surface area contributed by atoms with Gasteiger partial charge in [0.25, 0.3) is 0 Å². The molecule has 0 spiro atoms. The van der Waals surface area contributed by atoms with Gasteiger partial charge in [-0.2, -0.15) is 0 Å². The second kappa shape index (κ2) is 5.96. The average Bonchev–Trinajstić information content (AvgIpc) is 2.87. The highest BCUT2D eigenvalue weighted by Gasteiger charge is 2.19. The Labute approximate surface area is 135 Å². The third-order valence-electron chi connectivity index (χ3n) is 3.69. The summed E-state index contributed by atoms with van der Waals surface area (Å²) in [4.78, 5) is 24.3. The molecule has 2 heterocycles. The van der Waals surface area contributed by atoms with Crippen molar-refractivity contribution in [2.75, 3.05) is 19.1 Å². The number of aromatic nitrogens is 1. The van der Waals surface area contributed by atoms with Crippen molar-refractivity contribution in [2.24, 2.45) is 0 Å². The molecule has 0 aliphatic heterocycles. The zero-order valence-electron chi connectivity index (χ0n) is 12.7. The standard InChI is InChI=1S/C17H15NO4S/c1-22-17(20)16-12-7-6-11(15(19)10-23(2)21)9-14(12)18-8-4-3-5-13(16)18/h3-9H,10H2,1-2H3. The molecule has 2 aromatic heterocycles. The predicted octanol–water partition coefficient (Wildman–Crippen LogP) is 2.44. The fourth-order valence-corrected chi connectivity index (χ4v) is 3.23. The van der Waals surface area contributed by atoms with Gasteiger partial charge >= 0.3 is 5.97 Å². The summed E-state index contributed by atoms with van der Waals surface area (Å²) in [5.41, 5.74) is 2.42. The Hall–Kier alpha value is -2.47. The van der Waals surface area contributed by atoms with E-state index < -0.39 is 16.8 Å². The molecule has 3 aromatic rings. The van der Waals surface area contributed by atoms with Crippen LogP contribution in [0.25, 0.3) is 16.4 Å². The van der Waals surface area contributed by atoms with Gasteiger partial charge in [0.15, 0.2) is 5.78 Å². The highest BCUT2D eigenvalue weighted by atomic mass is 32.2. The first kappa shape index (κ1) is 15.4. The average molecular weight is 329 g/mol. The molecule has 0 saturated carbocycles. The van der Waals surface area contributed by atoms with Gasteiger partial charge in [0.1, 0.15) is 0 Å². The molecule has 23 heavy (non-hydrogen) atoms. The number of esters is 1. The Balaban J connectivity index is 2.27. The van der Waals surface area contributed by atoms with Gasteiger partial charge in [0, 0.05) is 34.2 Å². The number of rotatable bonds is 4. The van der Waals surface area contributed by atoms with Crippen LogP contribution in [-0.2, 0) is 15.5 Å². The van der Waals surface area contributed by atoms with E-state index in [1.165, 1.54) is 13.4 Å². The molecule has 0 radical (unpaired) electrons. The SMILES string of the molecule is COC(=O)c1c2ccc(C(=O)CS(C)=O)cc2n2ccccc12. The first-order chi connectivity index (χ1) is 11.0. The van der Waals surface area contributed by atoms with Gasteiger partial charge in [0.05, 0.1) is 29.5 Å². The van der Waals surface area contributed by atoms with Gasteiger partial charge in [0.2, 0.25) is 0 Å². The summed E-state index contributed by atoms with van der Waals surface area (Å²) in [5.74, 6) is -0.616. The molecule has 0 aliphatic rings. The lowest BCUT2D eigenvalue weighted by Crippen LogP contribution is -2.09. The van der Waals surface area contributed by atoms with E-state index in [9.17, 15) is 13.8 Å². The van der Waals surface area contributed by atoms with Crippen LogP contribution in [0.5, 0.6) is 0 Å². The van der Waals surface area contributed by atoms with E-state index in [-0.39, 0.29) is 11.5 Å². The van der Waals surface area contributed by atoms with Crippen molar-refractivity contribution in [3.63, 3.8) is 0 Å². The van der Waals surface area contributed by atoms with Crippen LogP contribution in [0, 0.1) is 0 Å². The zero-order chi connectivity index (χ0) is 16.6. The van der Waals surface area contributed by atoms with Crippen LogP contribution in [0.15, 0.2) is 42.6 Å². The number of pyridine rings is 1. The fraction of sp³-hybridized carbons (Fsp3) is 0.176. The number of fused-ring (bicyclic) bond motifs is 3. The molecular weight excluding hydrogens is 314 g/mol. The number of ether oxygens (including phenoxy) is 1. The van der Waals surface area contributed by atoms with Gasteiger partial charge in [-0.25, -0.2) is 4.79 Å². The van der Waals surface area contributed by atoms with Gasteiger partial charge in [-0.1, -0.05) is 18.2 Å². The number of methoxy groups -OCH3 is 1. The van der Waals surface area contributed by atoms with Crippen LogP contribution in [-0.4, -0.2) is 39.5 Å². The molecule has 0 bridgehead atoms. The van der Waals surface area contributed by atoms with Crippen LogP contribution in [0.4, 0.5) is 0 Å². The minimum Gasteiger partial charge on any atom is -0.465 e. The topological polar surface area (TPSA) is 64.9 Å². The second-order valence-electron chi connectivity index (χ2n) is 5.20. The molecule has 0 saturated heterocycles. The molecule has 6 heteroatoms. The first-order valence-electron chi connectivity index (χ1n) is 6.97. The maximum absolute atomic E-state index is 12.1. The molecule has 1 aromatic carbocycles. The molecule has 1 unspecified atom stereocenters. The summed E-state index contributed by atoms with van der Waals surface area (Å²) < 4.78 is 18.0. The summed E-state index contributed by atoms with van der Waals surface area (Å²) >= 11 is 0. The summed E-state index contributed by atoms with van der Waals surface area (Å²) in [6, 6.07) is 10.6. The number of carbonyl (C=O) groups excluding carboxylic acids is 2. The number of benzene rings is 1. The van der Waals surface area contributed by atoms with Crippen molar-refractivity contribution in [3.8, 4) is 0 Å². The largest absolute Gasteiger partial charge is 0.465 e. The van der Waals surface area contributed by atoms with Crippen molar-refractivity contribution in [3.05, 3.63) is 53.7 Å². The van der Waals surface area contributed by atoms with E-state index in [2.05, 4.69) is 0 Å². The third-order valence-corrected chi connectivity index (χ3v) is 4.36. The smallest absolute Gasteiger partial charge is 0.340 e. The van der Waals surface area contributed by atoms with Crippen molar-refractivity contribution in [1.29, 1.82) is 0 Å². The van der Waals surface area contributed by atoms with Crippen molar-refractivity contribution in [1.82, 2.24) is 4.40 Å². The Morgan fingerprint density at radius 1 is 1.17 bits per heavy atom. The molecule has 5 nitrogen and oxygen atoms in total. The van der Waals surface area contributed by atoms with E-state index in [0.717, 1.165) is 16.4 Å². The monoisotopic (exact) mass is 329 g/mol. The number of ketones is 1. The van der Waals surface area contributed by atoms with E-state index in [0.29, 0.717) is 11.1 Å². The summed E-state index contributed by atoms with van der Waals surface area (Å²) in [6.45, 7) is 0. The van der Waals surface area contributed by atoms with Crippen LogP contribution in [0.3, 0.4) is 0 Å². The number of carbonyl (C=O) groups is 2. The molecule has 0 amide bonds. The van der Waals surface area contributed by atoms with Crippen molar-refractivity contribution >= 4 is 39.0 Å². The molecule has 0 aliphatic carbocycles. The second-order valence-corrected chi connectivity index (χ2v) is 6.63. The van der Waals surface area contributed by atoms with Crippen LogP contribution in [0.1, 0.15) is 20.7 Å². The maximum atomic E-state index is 12.1. The number of Topliss-reactive ketones (excluding diaryl/α,β-unsaturated/α-hetero) is 1. The van der Waals surface area contributed by atoms with E-state index in [4.69, 9.17) is 4.74 Å². The number of hydrogen-bond acceptors (Lipinski definition) is 4. The highest BCUT2D eigenvalue weighted by Crippen LogP contribution is 2.28. The van der Waals surface area contributed by atoms with Crippen molar-refractivity contribution < 1.29 is 18.5 Å². The minimum absolute atomic E-state index is 0.0152. The van der Waals surface area contributed by atoms with E-state index in [1.807, 2.05) is 28.8 Å². The van der Waals surface area contributed by atoms with Crippen LogP contribution in [0.2, 0.25) is 0 Å². The van der Waals surface area contributed by atoms with Crippen molar-refractivity contribution in [2.45, 2.75) is 0 Å². The van der Waals surface area contributed by atoms with Gasteiger partial charge < -0.3 is 9.14 Å². The fourth-order valence-electron chi connectivity index (χ4n) is 2.70. The predicted molar refractivity (Wildman–Crippen MR) is 89.5 cm³/mol. The van der Waals surface area contributed by atoms with Gasteiger partial charge in [-0.05, 0) is 18.2 Å². The summed E-state index contributed by atoms with van der Waals surface area (Å²) in [6.07, 6.45) is 3.33. The zero-order valence-corrected chi connectivity index (χ0v) is 13.6. The highest BCUT2D eigenvalue weighted by molar-refractivity contribution is 7.85. The first-order valence-corrected chi connectivity index (χ1v) is 8.70. The molecule has 0 N–H and O–H groups in total. The van der Waals surface area contributed by atoms with Gasteiger partial charge in [-0.15, -0.1) is 0 Å². The summed E-state index contributed by atoms with van der Waals surface area (Å²) in [5, 5.41) is 0.720. The van der Waals surface area contributed by atoms with E-state index >= 15 is 0 Å². The minimum atomic E-state index is -1.19. The lowest BCUT2D eigenvalue weighted by atomic mass is 10.1. The normalized spacial score (nSPS) is 12.4. The quantitative estimate of drug-likeness (QED) is 0.545. The third kappa shape index (κ3) is 2.66. The lowest BCUT2D eigenvalue weighted by Gasteiger charge is -2.01. The van der Waals surface area contributed by atoms with Crippen LogP contribution < -0.4 is 0 Å². The Morgan fingerprint density at radius 2 is 1.96 bits per heavy atom. The Morgan fingerprint density at radius 3 is 2.65 bits per heavy atom. The van der Waals surface area contributed by atoms with Gasteiger partial charge in [-0.3, -0.25) is 9.00 Å². The van der Waals surface area contributed by atoms with E-state index in [1.54, 1.807) is 18.2 Å². The van der Waals surface area contributed by atoms with Crippen LogP contribution >= 0.6 is 0 Å². The lowest BCUT2D eigenvalue weighted by molar-refractivity contribution is 0.0605. The molecular formula is C17H15NO4S. The Kier molecular flexibility index (Phi) is 4.00. The Bertz CT molecular complexity index is 958.